The number of benzene rings is 1. The van der Waals surface area contributed by atoms with Crippen molar-refractivity contribution in [3.05, 3.63) is 29.3 Å². The van der Waals surface area contributed by atoms with Crippen molar-refractivity contribution in [2.24, 2.45) is 5.92 Å². The fourth-order valence-corrected chi connectivity index (χ4v) is 5.03. The Morgan fingerprint density at radius 1 is 1.07 bits per heavy atom. The van der Waals surface area contributed by atoms with Gasteiger partial charge in [-0.05, 0) is 61.9 Å². The Balaban J connectivity index is 1.32. The fraction of sp³-hybridized carbons (Fsp3) is 0.550. The fourth-order valence-electron chi connectivity index (χ4n) is 5.03. The lowest BCUT2D eigenvalue weighted by Gasteiger charge is -2.29. The number of ether oxygens (including phenoxy) is 1. The number of hydrogen-bond acceptors (Lipinski definition) is 5. The van der Waals surface area contributed by atoms with E-state index >= 15 is 0 Å². The van der Waals surface area contributed by atoms with Crippen molar-refractivity contribution < 1.29 is 19.1 Å². The van der Waals surface area contributed by atoms with E-state index < -0.39 is 6.04 Å². The van der Waals surface area contributed by atoms with Crippen LogP contribution in [0.3, 0.4) is 0 Å². The van der Waals surface area contributed by atoms with Gasteiger partial charge in [-0.1, -0.05) is 0 Å². The van der Waals surface area contributed by atoms with Crippen LogP contribution >= 0.6 is 0 Å². The van der Waals surface area contributed by atoms with Gasteiger partial charge in [0.25, 0.3) is 5.91 Å². The molecule has 4 atom stereocenters. The molecule has 3 fully saturated rings. The van der Waals surface area contributed by atoms with E-state index in [4.69, 9.17) is 4.74 Å². The van der Waals surface area contributed by atoms with Crippen LogP contribution in [0.25, 0.3) is 0 Å². The summed E-state index contributed by atoms with van der Waals surface area (Å²) >= 11 is 0. The number of nitrogens with one attached hydrogen (secondary N) is 2. The maximum atomic E-state index is 12.7. The molecular weight excluding hydrogens is 346 g/mol. The minimum absolute atomic E-state index is 0.149. The molecule has 142 valence electrons. The summed E-state index contributed by atoms with van der Waals surface area (Å²) in [5.74, 6) is 0.698. The van der Waals surface area contributed by atoms with Gasteiger partial charge in [-0.25, -0.2) is 0 Å². The standard InChI is InChI=1S/C20H23N3O4/c24-17-6-4-15(19(25)22-17)23-10-12-9-13(2-3-14(12)20(23)26)27-16-5-1-11-7-8-21-18(11)16/h2-3,9,11,15-16,18,21H,1,4-8,10H2,(H,22,24,25)/t11-,15?,16+,18+/m1/s1. The number of carbonyl (C=O) groups excluding carboxylic acids is 3. The van der Waals surface area contributed by atoms with E-state index in [1.165, 1.54) is 12.8 Å². The van der Waals surface area contributed by atoms with Crippen LogP contribution in [0.2, 0.25) is 0 Å². The Morgan fingerprint density at radius 2 is 1.96 bits per heavy atom. The van der Waals surface area contributed by atoms with Gasteiger partial charge >= 0.3 is 0 Å². The van der Waals surface area contributed by atoms with Gasteiger partial charge in [0.05, 0.1) is 0 Å². The van der Waals surface area contributed by atoms with Gasteiger partial charge in [0.1, 0.15) is 17.9 Å². The average Bonchev–Trinajstić information content (AvgIpc) is 3.32. The number of nitrogens with zero attached hydrogens (tertiary/aromatic N) is 1. The first-order valence-corrected chi connectivity index (χ1v) is 9.78. The number of imide groups is 1. The van der Waals surface area contributed by atoms with Crippen molar-refractivity contribution in [3.8, 4) is 5.75 Å². The van der Waals surface area contributed by atoms with Gasteiger partial charge in [-0.3, -0.25) is 19.7 Å². The lowest BCUT2D eigenvalue weighted by Crippen LogP contribution is -2.52. The van der Waals surface area contributed by atoms with Crippen LogP contribution < -0.4 is 15.4 Å². The first-order chi connectivity index (χ1) is 13.1. The molecule has 1 saturated carbocycles. The lowest BCUT2D eigenvalue weighted by atomic mass is 10.0. The third-order valence-corrected chi connectivity index (χ3v) is 6.41. The molecule has 2 N–H and O–H groups in total. The molecule has 1 unspecified atom stereocenters. The van der Waals surface area contributed by atoms with Crippen molar-refractivity contribution in [1.29, 1.82) is 0 Å². The van der Waals surface area contributed by atoms with E-state index in [0.717, 1.165) is 24.3 Å². The van der Waals surface area contributed by atoms with Crippen LogP contribution in [-0.2, 0) is 16.1 Å². The van der Waals surface area contributed by atoms with Crippen LogP contribution in [0.15, 0.2) is 18.2 Å². The van der Waals surface area contributed by atoms with E-state index in [-0.39, 0.29) is 30.2 Å². The molecule has 2 saturated heterocycles. The van der Waals surface area contributed by atoms with Crippen molar-refractivity contribution in [3.63, 3.8) is 0 Å². The Morgan fingerprint density at radius 3 is 2.81 bits per heavy atom. The molecule has 3 aliphatic heterocycles. The highest BCUT2D eigenvalue weighted by Gasteiger charge is 2.41. The van der Waals surface area contributed by atoms with Crippen molar-refractivity contribution >= 4 is 17.7 Å². The summed E-state index contributed by atoms with van der Waals surface area (Å²) in [7, 11) is 0. The Labute approximate surface area is 157 Å². The smallest absolute Gasteiger partial charge is 0.255 e. The maximum Gasteiger partial charge on any atom is 0.255 e. The van der Waals surface area contributed by atoms with Gasteiger partial charge in [-0.2, -0.15) is 0 Å². The van der Waals surface area contributed by atoms with Crippen molar-refractivity contribution in [2.45, 2.75) is 56.8 Å². The Bertz CT molecular complexity index is 823. The van der Waals surface area contributed by atoms with Crippen molar-refractivity contribution in [2.75, 3.05) is 6.54 Å². The predicted molar refractivity (Wildman–Crippen MR) is 96.0 cm³/mol. The van der Waals surface area contributed by atoms with Crippen LogP contribution in [0, 0.1) is 5.92 Å². The third kappa shape index (κ3) is 2.81. The molecule has 0 bridgehead atoms. The molecule has 1 aliphatic carbocycles. The molecule has 7 nitrogen and oxygen atoms in total. The van der Waals surface area contributed by atoms with E-state index in [1.54, 1.807) is 11.0 Å². The Hall–Kier alpha value is -2.41. The molecule has 0 spiro atoms. The highest BCUT2D eigenvalue weighted by atomic mass is 16.5. The number of rotatable bonds is 3. The second-order valence-corrected chi connectivity index (χ2v) is 7.98. The Kier molecular flexibility index (Phi) is 3.93. The molecular formula is C20H23N3O4. The largest absolute Gasteiger partial charge is 0.489 e. The molecule has 5 rings (SSSR count). The number of hydrogen-bond donors (Lipinski definition) is 2. The zero-order valence-corrected chi connectivity index (χ0v) is 15.1. The second-order valence-electron chi connectivity index (χ2n) is 7.98. The summed E-state index contributed by atoms with van der Waals surface area (Å²) in [5, 5.41) is 5.88. The zero-order chi connectivity index (χ0) is 18.5. The van der Waals surface area contributed by atoms with Crippen LogP contribution in [0.4, 0.5) is 0 Å². The molecule has 3 heterocycles. The third-order valence-electron chi connectivity index (χ3n) is 6.41. The molecule has 27 heavy (non-hydrogen) atoms. The normalized spacial score (nSPS) is 32.4. The molecule has 1 aromatic carbocycles. The minimum Gasteiger partial charge on any atom is -0.489 e. The van der Waals surface area contributed by atoms with Crippen LogP contribution in [0.5, 0.6) is 5.75 Å². The molecule has 0 aromatic heterocycles. The lowest BCUT2D eigenvalue weighted by molar-refractivity contribution is -0.136. The summed E-state index contributed by atoms with van der Waals surface area (Å²) in [4.78, 5) is 37.8. The van der Waals surface area contributed by atoms with Gasteiger partial charge in [0.15, 0.2) is 0 Å². The number of fused-ring (bicyclic) bond motifs is 2. The highest BCUT2D eigenvalue weighted by molar-refractivity contribution is 6.05. The van der Waals surface area contributed by atoms with Gasteiger partial charge in [0.2, 0.25) is 11.8 Å². The summed E-state index contributed by atoms with van der Waals surface area (Å²) in [6.45, 7) is 1.45. The zero-order valence-electron chi connectivity index (χ0n) is 15.1. The van der Waals surface area contributed by atoms with Crippen LogP contribution in [-0.4, -0.2) is 47.4 Å². The predicted octanol–water partition coefficient (Wildman–Crippen LogP) is 0.967. The molecule has 7 heteroatoms. The average molecular weight is 369 g/mol. The van der Waals surface area contributed by atoms with E-state index in [2.05, 4.69) is 10.6 Å². The molecule has 3 amide bonds. The monoisotopic (exact) mass is 369 g/mol. The molecule has 4 aliphatic rings. The highest BCUT2D eigenvalue weighted by Crippen LogP contribution is 2.36. The van der Waals surface area contributed by atoms with E-state index in [0.29, 0.717) is 30.5 Å². The van der Waals surface area contributed by atoms with E-state index in [1.807, 2.05) is 12.1 Å². The van der Waals surface area contributed by atoms with Gasteiger partial charge in [0, 0.05) is 24.6 Å². The summed E-state index contributed by atoms with van der Waals surface area (Å²) in [6.07, 6.45) is 4.31. The van der Waals surface area contributed by atoms with Gasteiger partial charge in [-0.15, -0.1) is 0 Å². The molecule has 1 aromatic rings. The second kappa shape index (κ2) is 6.34. The quantitative estimate of drug-likeness (QED) is 0.775. The number of amides is 3. The SMILES string of the molecule is O=C1CCC(N2Cc3cc(O[C@H]4CC[C@@H]5CCN[C@@H]54)ccc3C2=O)C(=O)N1. The van der Waals surface area contributed by atoms with Crippen LogP contribution in [0.1, 0.15) is 48.0 Å². The van der Waals surface area contributed by atoms with Crippen molar-refractivity contribution in [1.82, 2.24) is 15.5 Å². The molecule has 0 radical (unpaired) electrons. The number of carbonyl (C=O) groups is 3. The first kappa shape index (κ1) is 16.7. The number of piperidine rings is 1. The van der Waals surface area contributed by atoms with E-state index in [9.17, 15) is 14.4 Å². The summed E-state index contributed by atoms with van der Waals surface area (Å²) in [5.41, 5.74) is 1.51. The first-order valence-electron chi connectivity index (χ1n) is 9.78. The van der Waals surface area contributed by atoms with Gasteiger partial charge < -0.3 is 15.0 Å². The minimum atomic E-state index is -0.578. The maximum absolute atomic E-state index is 12.7. The summed E-state index contributed by atoms with van der Waals surface area (Å²) < 4.78 is 6.25. The summed E-state index contributed by atoms with van der Waals surface area (Å²) in [6, 6.07) is 5.44. The topological polar surface area (TPSA) is 87.7 Å².